The zero-order valence-corrected chi connectivity index (χ0v) is 5.14. The highest BCUT2D eigenvalue weighted by molar-refractivity contribution is 8.01. The van der Waals surface area contributed by atoms with Crippen LogP contribution in [0.1, 0.15) is 6.92 Å². The van der Waals surface area contributed by atoms with Crippen molar-refractivity contribution in [3.8, 4) is 0 Å². The number of rotatable bonds is 2. The molecule has 0 spiro atoms. The van der Waals surface area contributed by atoms with Crippen LogP contribution in [0.5, 0.6) is 0 Å². The third-order valence-electron chi connectivity index (χ3n) is 0.414. The van der Waals surface area contributed by atoms with Crippen molar-refractivity contribution in [1.29, 1.82) is 0 Å². The lowest BCUT2D eigenvalue weighted by Gasteiger charge is -2.01. The van der Waals surface area contributed by atoms with Gasteiger partial charge in [0, 0.05) is 5.75 Å². The Morgan fingerprint density at radius 1 is 1.50 bits per heavy atom. The molecule has 0 unspecified atom stereocenters. The summed E-state index contributed by atoms with van der Waals surface area (Å²) in [6.45, 7) is 1.58. The summed E-state index contributed by atoms with van der Waals surface area (Å²) in [4.78, 5) is 0. The molecule has 0 atom stereocenters. The summed E-state index contributed by atoms with van der Waals surface area (Å²) in [5.41, 5.74) is 0. The molecule has 0 saturated carbocycles. The molecule has 0 heterocycles. The molecule has 0 saturated heterocycles. The third kappa shape index (κ3) is 6.14. The number of hydrogen-bond acceptors (Lipinski definition) is 1. The van der Waals surface area contributed by atoms with Crippen LogP contribution < -0.4 is 0 Å². The molecule has 0 rings (SSSR count). The normalized spacial score (nSPS) is 12.0. The highest BCUT2D eigenvalue weighted by Gasteiger charge is 2.26. The Morgan fingerprint density at radius 2 is 2.00 bits per heavy atom. The summed E-state index contributed by atoms with van der Waals surface area (Å²) in [6.07, 6.45) is -4.02. The molecule has 0 aliphatic carbocycles. The zero-order valence-electron chi connectivity index (χ0n) is 4.33. The molecule has 0 aromatic heterocycles. The lowest BCUT2D eigenvalue weighted by Crippen LogP contribution is -2.09. The Bertz CT molecular complexity index is 58.8. The number of alkyl halides is 3. The van der Waals surface area contributed by atoms with Gasteiger partial charge in [-0.15, -0.1) is 11.8 Å². The number of hydrogen-bond donors (Lipinski definition) is 0. The molecule has 4 heteroatoms. The fourth-order valence-electron chi connectivity index (χ4n) is 0.178. The van der Waals surface area contributed by atoms with Gasteiger partial charge in [-0.3, -0.25) is 0 Å². The van der Waals surface area contributed by atoms with Crippen molar-refractivity contribution in [2.75, 3.05) is 5.75 Å². The first kappa shape index (κ1) is 8.14. The maximum atomic E-state index is 11.2. The van der Waals surface area contributed by atoms with Gasteiger partial charge in [0.1, 0.15) is 0 Å². The Kier molecular flexibility index (Phi) is 3.28. The van der Waals surface area contributed by atoms with E-state index in [0.717, 1.165) is 11.8 Å². The molecule has 49 valence electrons. The molecular weight excluding hydrogens is 137 g/mol. The van der Waals surface area contributed by atoms with Gasteiger partial charge >= 0.3 is 6.18 Å². The summed E-state index contributed by atoms with van der Waals surface area (Å²) in [5, 5.41) is 0. The van der Waals surface area contributed by atoms with Crippen LogP contribution in [-0.4, -0.2) is 11.9 Å². The highest BCUT2D eigenvalue weighted by Crippen LogP contribution is 2.21. The smallest absolute Gasteiger partial charge is 0.170 e. The van der Waals surface area contributed by atoms with Gasteiger partial charge in [-0.25, -0.2) is 0 Å². The van der Waals surface area contributed by atoms with Crippen LogP contribution in [0.3, 0.4) is 0 Å². The topological polar surface area (TPSA) is 0 Å². The summed E-state index contributed by atoms with van der Waals surface area (Å²) < 4.78 is 33.6. The van der Waals surface area contributed by atoms with Crippen molar-refractivity contribution in [3.63, 3.8) is 0 Å². The van der Waals surface area contributed by atoms with E-state index < -0.39 is 11.9 Å². The summed E-state index contributed by atoms with van der Waals surface area (Å²) in [7, 11) is 0. The van der Waals surface area contributed by atoms with Gasteiger partial charge in [-0.1, -0.05) is 6.92 Å². The first-order valence-corrected chi connectivity index (χ1v) is 3.07. The van der Waals surface area contributed by atoms with Crippen molar-refractivity contribution >= 4 is 11.8 Å². The van der Waals surface area contributed by atoms with Gasteiger partial charge in [-0.2, -0.15) is 13.2 Å². The highest BCUT2D eigenvalue weighted by atomic mass is 32.2. The minimum Gasteiger partial charge on any atom is -0.170 e. The molecule has 1 radical (unpaired) electrons. The number of thioether (sulfide) groups is 1. The Morgan fingerprint density at radius 3 is 2.12 bits per heavy atom. The molecule has 0 N–H and O–H groups in total. The van der Waals surface area contributed by atoms with Crippen molar-refractivity contribution in [2.45, 2.75) is 13.1 Å². The van der Waals surface area contributed by atoms with Gasteiger partial charge in [0.2, 0.25) is 0 Å². The lowest BCUT2D eigenvalue weighted by molar-refractivity contribution is -0.105. The summed E-state index contributed by atoms with van der Waals surface area (Å²) >= 11 is 0.765. The molecule has 0 bridgehead atoms. The predicted octanol–water partition coefficient (Wildman–Crippen LogP) is 2.46. The van der Waals surface area contributed by atoms with E-state index in [4.69, 9.17) is 0 Å². The Hall–Kier alpha value is 0.140. The minimum atomic E-state index is -4.02. The third-order valence-corrected chi connectivity index (χ3v) is 1.24. The second-order valence-electron chi connectivity index (χ2n) is 1.16. The second kappa shape index (κ2) is 3.22. The molecule has 0 aromatic rings. The van der Waals surface area contributed by atoms with Crippen molar-refractivity contribution < 1.29 is 13.2 Å². The van der Waals surface area contributed by atoms with Crippen LogP contribution in [0.25, 0.3) is 0 Å². The van der Waals surface area contributed by atoms with E-state index in [1.165, 1.54) is 5.75 Å². The van der Waals surface area contributed by atoms with E-state index in [9.17, 15) is 13.2 Å². The van der Waals surface area contributed by atoms with Crippen molar-refractivity contribution in [3.05, 3.63) is 5.75 Å². The molecular formula is C4H6F3S. The number of halogens is 3. The van der Waals surface area contributed by atoms with Gasteiger partial charge in [0.25, 0.3) is 0 Å². The van der Waals surface area contributed by atoms with E-state index in [1.54, 1.807) is 6.92 Å². The molecule has 0 aliphatic heterocycles. The minimum absolute atomic E-state index is 0.765. The van der Waals surface area contributed by atoms with E-state index in [0.29, 0.717) is 0 Å². The van der Waals surface area contributed by atoms with Gasteiger partial charge in [0.15, 0.2) is 0 Å². The quantitative estimate of drug-likeness (QED) is 0.572. The van der Waals surface area contributed by atoms with E-state index >= 15 is 0 Å². The van der Waals surface area contributed by atoms with Gasteiger partial charge in [-0.05, 0) is 0 Å². The summed E-state index contributed by atoms with van der Waals surface area (Å²) in [6, 6.07) is 0. The molecule has 0 amide bonds. The first-order chi connectivity index (χ1) is 3.56. The fourth-order valence-corrected chi connectivity index (χ4v) is 0.533. The van der Waals surface area contributed by atoms with Crippen molar-refractivity contribution in [2.24, 2.45) is 0 Å². The van der Waals surface area contributed by atoms with E-state index in [-0.39, 0.29) is 0 Å². The molecule has 8 heavy (non-hydrogen) atoms. The molecule has 0 aliphatic rings. The van der Waals surface area contributed by atoms with Crippen LogP contribution in [0.4, 0.5) is 13.2 Å². The van der Waals surface area contributed by atoms with Crippen LogP contribution in [-0.2, 0) is 0 Å². The van der Waals surface area contributed by atoms with E-state index in [2.05, 4.69) is 0 Å². The standard InChI is InChI=1S/C4H6F3S/c1-2-8-3-4(5,6)7/h2H,3H2,1H3. The van der Waals surface area contributed by atoms with Crippen molar-refractivity contribution in [1.82, 2.24) is 0 Å². The van der Waals surface area contributed by atoms with E-state index in [1.807, 2.05) is 0 Å². The van der Waals surface area contributed by atoms with Crippen LogP contribution >= 0.6 is 11.8 Å². The monoisotopic (exact) mass is 143 g/mol. The lowest BCUT2D eigenvalue weighted by atomic mass is 10.8. The Labute approximate surface area is 50.5 Å². The molecule has 0 nitrogen and oxygen atoms in total. The first-order valence-electron chi connectivity index (χ1n) is 2.02. The zero-order chi connectivity index (χ0) is 6.62. The summed E-state index contributed by atoms with van der Waals surface area (Å²) in [5.74, 6) is 0.650. The average Bonchev–Trinajstić information content (AvgIpc) is 1.59. The second-order valence-corrected chi connectivity index (χ2v) is 2.26. The molecule has 0 fully saturated rings. The Balaban J connectivity index is 3.11. The van der Waals surface area contributed by atoms with Gasteiger partial charge < -0.3 is 0 Å². The van der Waals surface area contributed by atoms with Gasteiger partial charge in [0.05, 0.1) is 5.75 Å². The maximum Gasteiger partial charge on any atom is 0.397 e. The average molecular weight is 143 g/mol. The van der Waals surface area contributed by atoms with Crippen LogP contribution in [0.2, 0.25) is 0 Å². The SMILES string of the molecule is C[CH]SCC(F)(F)F. The molecule has 0 aromatic carbocycles. The maximum absolute atomic E-state index is 11.2. The van der Waals surface area contributed by atoms with Crippen LogP contribution in [0, 0.1) is 5.75 Å². The fraction of sp³-hybridized carbons (Fsp3) is 0.750. The largest absolute Gasteiger partial charge is 0.397 e. The van der Waals surface area contributed by atoms with Crippen LogP contribution in [0.15, 0.2) is 0 Å². The predicted molar refractivity (Wildman–Crippen MR) is 28.5 cm³/mol.